The third-order valence-corrected chi connectivity index (χ3v) is 3.09. The van der Waals surface area contributed by atoms with Crippen LogP contribution in [0.3, 0.4) is 0 Å². The van der Waals surface area contributed by atoms with E-state index in [1.807, 2.05) is 31.2 Å². The summed E-state index contributed by atoms with van der Waals surface area (Å²) in [6.07, 6.45) is 3.53. The quantitative estimate of drug-likeness (QED) is 0.889. The molecule has 2 rings (SSSR count). The molecule has 1 N–H and O–H groups in total. The second kappa shape index (κ2) is 7.79. The fourth-order valence-corrected chi connectivity index (χ4v) is 1.99. The van der Waals surface area contributed by atoms with Crippen LogP contribution >= 0.6 is 0 Å². The minimum Gasteiger partial charge on any atom is -0.494 e. The van der Waals surface area contributed by atoms with Crippen molar-refractivity contribution >= 4 is 11.6 Å². The highest BCUT2D eigenvalue weighted by atomic mass is 16.5. The van der Waals surface area contributed by atoms with Crippen molar-refractivity contribution in [1.29, 1.82) is 5.26 Å². The fraction of sp³-hybridized carbons (Fsp3) is 0.235. The molecule has 1 heterocycles. The number of carbonyl (C=O) groups excluding carboxylic acids is 1. The number of carbonyl (C=O) groups is 1. The summed E-state index contributed by atoms with van der Waals surface area (Å²) in [5, 5.41) is 11.9. The predicted octanol–water partition coefficient (Wildman–Crippen LogP) is 2.80. The van der Waals surface area contributed by atoms with Crippen LogP contribution in [0, 0.1) is 17.2 Å². The van der Waals surface area contributed by atoms with E-state index in [0.717, 1.165) is 11.3 Å². The van der Waals surface area contributed by atoms with Crippen molar-refractivity contribution in [2.75, 3.05) is 11.9 Å². The maximum absolute atomic E-state index is 12.1. The Bertz CT molecular complexity index is 648. The fourth-order valence-electron chi connectivity index (χ4n) is 1.99. The molecule has 5 heteroatoms. The Morgan fingerprint density at radius 1 is 1.27 bits per heavy atom. The summed E-state index contributed by atoms with van der Waals surface area (Å²) >= 11 is 0. The van der Waals surface area contributed by atoms with Crippen LogP contribution < -0.4 is 10.1 Å². The molecule has 1 aromatic carbocycles. The lowest BCUT2D eigenvalue weighted by Crippen LogP contribution is -2.23. The van der Waals surface area contributed by atoms with Crippen molar-refractivity contribution in [1.82, 2.24) is 4.98 Å². The lowest BCUT2D eigenvalue weighted by Gasteiger charge is -2.11. The summed E-state index contributed by atoms with van der Waals surface area (Å²) in [5.74, 6) is -0.283. The van der Waals surface area contributed by atoms with Gasteiger partial charge in [0, 0.05) is 18.1 Å². The van der Waals surface area contributed by atoms with E-state index in [1.54, 1.807) is 24.5 Å². The van der Waals surface area contributed by atoms with Gasteiger partial charge in [-0.15, -0.1) is 0 Å². The molecule has 0 spiro atoms. The monoisotopic (exact) mass is 295 g/mol. The molecule has 0 saturated carbocycles. The standard InChI is InChI=1S/C17H17N3O2/c1-2-22-16-5-3-13(4-6-16)11-14(12-18)17(21)20-15-7-9-19-10-8-15/h3-10,14H,2,11H2,1H3,(H,19,20,21). The molecule has 2 aromatic rings. The van der Waals surface area contributed by atoms with E-state index in [0.29, 0.717) is 18.7 Å². The molecule has 5 nitrogen and oxygen atoms in total. The number of nitrogens with one attached hydrogen (secondary N) is 1. The molecule has 112 valence electrons. The third kappa shape index (κ3) is 4.32. The first-order chi connectivity index (χ1) is 10.7. The molecule has 1 amide bonds. The zero-order valence-electron chi connectivity index (χ0n) is 12.3. The first kappa shape index (κ1) is 15.5. The van der Waals surface area contributed by atoms with Crippen LogP contribution in [-0.2, 0) is 11.2 Å². The topological polar surface area (TPSA) is 75.0 Å². The number of ether oxygens (including phenoxy) is 1. The minimum absolute atomic E-state index is 0.317. The van der Waals surface area contributed by atoms with Gasteiger partial charge in [0.1, 0.15) is 11.7 Å². The van der Waals surface area contributed by atoms with E-state index < -0.39 is 5.92 Å². The Labute approximate surface area is 129 Å². The number of amides is 1. The van der Waals surface area contributed by atoms with Crippen molar-refractivity contribution in [3.8, 4) is 11.8 Å². The number of rotatable bonds is 6. The third-order valence-electron chi connectivity index (χ3n) is 3.09. The summed E-state index contributed by atoms with van der Waals surface area (Å²) in [7, 11) is 0. The Balaban J connectivity index is 1.99. The van der Waals surface area contributed by atoms with Crippen LogP contribution in [0.2, 0.25) is 0 Å². The zero-order valence-corrected chi connectivity index (χ0v) is 12.3. The summed E-state index contributed by atoms with van der Waals surface area (Å²) in [6.45, 7) is 2.53. The number of anilines is 1. The van der Waals surface area contributed by atoms with Crippen LogP contribution in [0.4, 0.5) is 5.69 Å². The highest BCUT2D eigenvalue weighted by Gasteiger charge is 2.18. The maximum atomic E-state index is 12.1. The highest BCUT2D eigenvalue weighted by Crippen LogP contribution is 2.16. The molecule has 0 bridgehead atoms. The van der Waals surface area contributed by atoms with E-state index >= 15 is 0 Å². The van der Waals surface area contributed by atoms with Gasteiger partial charge in [-0.1, -0.05) is 12.1 Å². The van der Waals surface area contributed by atoms with Crippen molar-refractivity contribution in [3.63, 3.8) is 0 Å². The van der Waals surface area contributed by atoms with Gasteiger partial charge < -0.3 is 10.1 Å². The van der Waals surface area contributed by atoms with E-state index in [1.165, 1.54) is 0 Å². The van der Waals surface area contributed by atoms with Gasteiger partial charge in [-0.25, -0.2) is 0 Å². The molecule has 0 aliphatic rings. The predicted molar refractivity (Wildman–Crippen MR) is 83.3 cm³/mol. The average molecular weight is 295 g/mol. The van der Waals surface area contributed by atoms with Crippen molar-refractivity contribution < 1.29 is 9.53 Å². The van der Waals surface area contributed by atoms with E-state index in [-0.39, 0.29) is 5.91 Å². The molecular formula is C17H17N3O2. The second-order valence-electron chi connectivity index (χ2n) is 4.69. The number of benzene rings is 1. The van der Waals surface area contributed by atoms with Crippen LogP contribution in [0.15, 0.2) is 48.8 Å². The van der Waals surface area contributed by atoms with Crippen molar-refractivity contribution in [2.24, 2.45) is 5.92 Å². The second-order valence-corrected chi connectivity index (χ2v) is 4.69. The molecule has 0 saturated heterocycles. The van der Waals surface area contributed by atoms with Crippen LogP contribution in [0.1, 0.15) is 12.5 Å². The van der Waals surface area contributed by atoms with Gasteiger partial charge in [0.15, 0.2) is 0 Å². The molecule has 0 fully saturated rings. The Kier molecular flexibility index (Phi) is 5.50. The minimum atomic E-state index is -0.744. The van der Waals surface area contributed by atoms with E-state index in [9.17, 15) is 10.1 Å². The van der Waals surface area contributed by atoms with Gasteiger partial charge in [0.05, 0.1) is 12.7 Å². The number of hydrogen-bond acceptors (Lipinski definition) is 4. The van der Waals surface area contributed by atoms with Crippen LogP contribution in [-0.4, -0.2) is 17.5 Å². The van der Waals surface area contributed by atoms with Gasteiger partial charge in [-0.3, -0.25) is 9.78 Å². The Morgan fingerprint density at radius 2 is 1.95 bits per heavy atom. The zero-order chi connectivity index (χ0) is 15.8. The largest absolute Gasteiger partial charge is 0.494 e. The maximum Gasteiger partial charge on any atom is 0.242 e. The summed E-state index contributed by atoms with van der Waals surface area (Å²) in [4.78, 5) is 16.0. The molecule has 0 radical (unpaired) electrons. The molecule has 0 aliphatic carbocycles. The van der Waals surface area contributed by atoms with E-state index in [4.69, 9.17) is 4.74 Å². The SMILES string of the molecule is CCOc1ccc(CC(C#N)C(=O)Nc2ccncc2)cc1. The van der Waals surface area contributed by atoms with Crippen molar-refractivity contribution in [2.45, 2.75) is 13.3 Å². The van der Waals surface area contributed by atoms with Gasteiger partial charge in [-0.2, -0.15) is 5.26 Å². The highest BCUT2D eigenvalue weighted by molar-refractivity contribution is 5.94. The first-order valence-corrected chi connectivity index (χ1v) is 7.05. The number of nitriles is 1. The van der Waals surface area contributed by atoms with Gasteiger partial charge in [0.25, 0.3) is 0 Å². The Morgan fingerprint density at radius 3 is 2.55 bits per heavy atom. The number of nitrogens with zero attached hydrogens (tertiary/aromatic N) is 2. The summed E-state index contributed by atoms with van der Waals surface area (Å²) in [5.41, 5.74) is 1.55. The molecule has 1 unspecified atom stereocenters. The van der Waals surface area contributed by atoms with Crippen LogP contribution in [0.5, 0.6) is 5.75 Å². The van der Waals surface area contributed by atoms with E-state index in [2.05, 4.69) is 16.4 Å². The van der Waals surface area contributed by atoms with Crippen LogP contribution in [0.25, 0.3) is 0 Å². The Hall–Kier alpha value is -2.87. The molecule has 1 atom stereocenters. The molecular weight excluding hydrogens is 278 g/mol. The number of hydrogen-bond donors (Lipinski definition) is 1. The first-order valence-electron chi connectivity index (χ1n) is 7.05. The molecule has 0 aliphatic heterocycles. The summed E-state index contributed by atoms with van der Waals surface area (Å²) in [6, 6.07) is 12.8. The lowest BCUT2D eigenvalue weighted by atomic mass is 9.99. The summed E-state index contributed by atoms with van der Waals surface area (Å²) < 4.78 is 5.37. The molecule has 1 aromatic heterocycles. The smallest absolute Gasteiger partial charge is 0.242 e. The van der Waals surface area contributed by atoms with Gasteiger partial charge in [0.2, 0.25) is 5.91 Å². The van der Waals surface area contributed by atoms with Gasteiger partial charge >= 0.3 is 0 Å². The number of aromatic nitrogens is 1. The van der Waals surface area contributed by atoms with Gasteiger partial charge in [-0.05, 0) is 43.2 Å². The average Bonchev–Trinajstić information content (AvgIpc) is 2.55. The number of pyridine rings is 1. The lowest BCUT2D eigenvalue weighted by molar-refractivity contribution is -0.118. The molecule has 22 heavy (non-hydrogen) atoms. The normalized spacial score (nSPS) is 11.3. The van der Waals surface area contributed by atoms with Crippen molar-refractivity contribution in [3.05, 3.63) is 54.4 Å².